The summed E-state index contributed by atoms with van der Waals surface area (Å²) in [4.78, 5) is 23.1. The summed E-state index contributed by atoms with van der Waals surface area (Å²) < 4.78 is 10.6. The largest absolute Gasteiger partial charge is 0.458 e. The van der Waals surface area contributed by atoms with Crippen molar-refractivity contribution in [2.45, 2.75) is 38.9 Å². The van der Waals surface area contributed by atoms with Gasteiger partial charge in [0.05, 0.1) is 6.54 Å². The van der Waals surface area contributed by atoms with Crippen LogP contribution in [0.2, 0.25) is 0 Å². The number of fused-ring (bicyclic) bond motifs is 1. The van der Waals surface area contributed by atoms with E-state index in [0.717, 1.165) is 5.39 Å². The van der Waals surface area contributed by atoms with Gasteiger partial charge in [0.2, 0.25) is 0 Å². The van der Waals surface area contributed by atoms with Gasteiger partial charge in [-0.2, -0.15) is 0 Å². The van der Waals surface area contributed by atoms with E-state index >= 15 is 0 Å². The molecule has 1 aromatic carbocycles. The Balaban J connectivity index is 2.09. The van der Waals surface area contributed by atoms with Crippen molar-refractivity contribution in [3.8, 4) is 0 Å². The van der Waals surface area contributed by atoms with Crippen LogP contribution in [0.4, 0.5) is 0 Å². The molecule has 1 heterocycles. The Labute approximate surface area is 134 Å². The quantitative estimate of drug-likeness (QED) is 0.824. The van der Waals surface area contributed by atoms with Crippen LogP contribution in [0, 0.1) is 0 Å². The van der Waals surface area contributed by atoms with E-state index in [1.165, 1.54) is 20.8 Å². The van der Waals surface area contributed by atoms with E-state index in [2.05, 4.69) is 5.32 Å². The number of hydrogen-bond donors (Lipinski definition) is 2. The standard InChI is InChI=1S/C17H21NO5/c1-11(19)23-16(2,3)15(20)18-10-17(4,21)14-9-12-7-5-6-8-13(12)22-14/h5-9,21H,10H2,1-4H3,(H,18,20). The summed E-state index contributed by atoms with van der Waals surface area (Å²) in [5.41, 5.74) is -2.04. The molecule has 2 aromatic rings. The van der Waals surface area contributed by atoms with Gasteiger partial charge >= 0.3 is 5.97 Å². The molecular weight excluding hydrogens is 298 g/mol. The zero-order valence-corrected chi connectivity index (χ0v) is 13.7. The summed E-state index contributed by atoms with van der Waals surface area (Å²) in [5.74, 6) is -0.692. The van der Waals surface area contributed by atoms with Crippen LogP contribution in [-0.4, -0.2) is 29.1 Å². The van der Waals surface area contributed by atoms with Crippen LogP contribution in [-0.2, 0) is 19.9 Å². The fraction of sp³-hybridized carbons (Fsp3) is 0.412. The molecule has 124 valence electrons. The van der Waals surface area contributed by atoms with Crippen LogP contribution >= 0.6 is 0 Å². The van der Waals surface area contributed by atoms with Gasteiger partial charge in [0.25, 0.3) is 5.91 Å². The van der Waals surface area contributed by atoms with Crippen molar-refractivity contribution >= 4 is 22.8 Å². The molecule has 0 aliphatic rings. The lowest BCUT2D eigenvalue weighted by molar-refractivity contribution is -0.163. The minimum Gasteiger partial charge on any atom is -0.458 e. The summed E-state index contributed by atoms with van der Waals surface area (Å²) in [5, 5.41) is 14.0. The second-order valence-electron chi connectivity index (χ2n) is 6.21. The van der Waals surface area contributed by atoms with Gasteiger partial charge in [-0.25, -0.2) is 0 Å². The molecule has 0 spiro atoms. The molecule has 2 N–H and O–H groups in total. The first kappa shape index (κ1) is 17.0. The molecule has 0 saturated heterocycles. The lowest BCUT2D eigenvalue weighted by Crippen LogP contribution is -2.49. The summed E-state index contributed by atoms with van der Waals surface area (Å²) in [6.07, 6.45) is 0. The smallest absolute Gasteiger partial charge is 0.303 e. The molecule has 1 atom stereocenters. The minimum atomic E-state index is -1.39. The van der Waals surface area contributed by atoms with Crippen LogP contribution in [0.25, 0.3) is 11.0 Å². The predicted octanol–water partition coefficient (Wildman–Crippen LogP) is 2.10. The first-order chi connectivity index (χ1) is 10.6. The van der Waals surface area contributed by atoms with Gasteiger partial charge in [-0.3, -0.25) is 9.59 Å². The number of benzene rings is 1. The Morgan fingerprint density at radius 3 is 2.52 bits per heavy atom. The average Bonchev–Trinajstić information content (AvgIpc) is 2.88. The summed E-state index contributed by atoms with van der Waals surface area (Å²) in [6, 6.07) is 9.13. The number of para-hydroxylation sites is 1. The molecule has 1 amide bonds. The number of amides is 1. The second-order valence-corrected chi connectivity index (χ2v) is 6.21. The third-order valence-electron chi connectivity index (χ3n) is 3.50. The summed E-state index contributed by atoms with van der Waals surface area (Å²) >= 11 is 0. The van der Waals surface area contributed by atoms with Crippen LogP contribution in [0.1, 0.15) is 33.5 Å². The Bertz CT molecular complexity index is 696. The topological polar surface area (TPSA) is 88.8 Å². The summed E-state index contributed by atoms with van der Waals surface area (Å²) in [6.45, 7) is 5.68. The minimum absolute atomic E-state index is 0.0731. The number of furan rings is 1. The first-order valence-corrected chi connectivity index (χ1v) is 7.31. The van der Waals surface area contributed by atoms with E-state index in [0.29, 0.717) is 11.3 Å². The maximum Gasteiger partial charge on any atom is 0.303 e. The molecule has 0 saturated carbocycles. The number of carbonyl (C=O) groups excluding carboxylic acids is 2. The van der Waals surface area contributed by atoms with Gasteiger partial charge in [-0.05, 0) is 32.9 Å². The van der Waals surface area contributed by atoms with Gasteiger partial charge in [0.1, 0.15) is 16.9 Å². The number of aliphatic hydroxyl groups is 1. The Hall–Kier alpha value is -2.34. The second kappa shape index (κ2) is 6.04. The molecule has 0 aliphatic heterocycles. The van der Waals surface area contributed by atoms with Crippen LogP contribution < -0.4 is 5.32 Å². The van der Waals surface area contributed by atoms with Gasteiger partial charge in [-0.1, -0.05) is 18.2 Å². The molecule has 0 bridgehead atoms. The molecule has 6 heteroatoms. The Morgan fingerprint density at radius 2 is 1.91 bits per heavy atom. The number of nitrogens with one attached hydrogen (secondary N) is 1. The van der Waals surface area contributed by atoms with Crippen molar-refractivity contribution in [3.05, 3.63) is 36.1 Å². The Kier molecular flexibility index (Phi) is 4.47. The number of carbonyl (C=O) groups is 2. The average molecular weight is 319 g/mol. The normalized spacial score (nSPS) is 14.3. The number of ether oxygens (including phenoxy) is 1. The highest BCUT2D eigenvalue weighted by Gasteiger charge is 2.34. The molecule has 0 aliphatic carbocycles. The van der Waals surface area contributed by atoms with Crippen LogP contribution in [0.5, 0.6) is 0 Å². The molecule has 6 nitrogen and oxygen atoms in total. The van der Waals surface area contributed by atoms with Crippen molar-refractivity contribution < 1.29 is 23.8 Å². The van der Waals surface area contributed by atoms with Crippen molar-refractivity contribution in [2.75, 3.05) is 6.54 Å². The highest BCUT2D eigenvalue weighted by atomic mass is 16.6. The Morgan fingerprint density at radius 1 is 1.26 bits per heavy atom. The van der Waals surface area contributed by atoms with Crippen LogP contribution in [0.3, 0.4) is 0 Å². The SMILES string of the molecule is CC(=O)OC(C)(C)C(=O)NCC(C)(O)c1cc2ccccc2o1. The van der Waals surface area contributed by atoms with E-state index in [9.17, 15) is 14.7 Å². The molecule has 0 fully saturated rings. The van der Waals surface area contributed by atoms with Gasteiger partial charge in [0, 0.05) is 12.3 Å². The van der Waals surface area contributed by atoms with Gasteiger partial charge in [0.15, 0.2) is 5.60 Å². The third kappa shape index (κ3) is 3.90. The fourth-order valence-electron chi connectivity index (χ4n) is 2.21. The fourth-order valence-corrected chi connectivity index (χ4v) is 2.21. The number of esters is 1. The molecule has 1 unspecified atom stereocenters. The molecular formula is C17H21NO5. The zero-order valence-electron chi connectivity index (χ0n) is 13.7. The highest BCUT2D eigenvalue weighted by Crippen LogP contribution is 2.27. The zero-order chi connectivity index (χ0) is 17.3. The van der Waals surface area contributed by atoms with Crippen molar-refractivity contribution in [2.24, 2.45) is 0 Å². The number of hydrogen-bond acceptors (Lipinski definition) is 5. The third-order valence-corrected chi connectivity index (χ3v) is 3.50. The maximum atomic E-state index is 12.1. The maximum absolute atomic E-state index is 12.1. The van der Waals surface area contributed by atoms with E-state index in [1.54, 1.807) is 19.1 Å². The van der Waals surface area contributed by atoms with Crippen molar-refractivity contribution in [3.63, 3.8) is 0 Å². The monoisotopic (exact) mass is 319 g/mol. The van der Waals surface area contributed by atoms with Crippen molar-refractivity contribution in [1.82, 2.24) is 5.32 Å². The highest BCUT2D eigenvalue weighted by molar-refractivity contribution is 5.86. The van der Waals surface area contributed by atoms with E-state index < -0.39 is 23.1 Å². The first-order valence-electron chi connectivity index (χ1n) is 7.31. The molecule has 1 aromatic heterocycles. The van der Waals surface area contributed by atoms with Gasteiger partial charge < -0.3 is 19.6 Å². The molecule has 0 radical (unpaired) electrons. The van der Waals surface area contributed by atoms with Crippen LogP contribution in [0.15, 0.2) is 34.7 Å². The van der Waals surface area contributed by atoms with Gasteiger partial charge in [-0.15, -0.1) is 0 Å². The molecule has 2 rings (SSSR count). The van der Waals surface area contributed by atoms with Crippen molar-refractivity contribution in [1.29, 1.82) is 0 Å². The molecule has 23 heavy (non-hydrogen) atoms. The summed E-state index contributed by atoms with van der Waals surface area (Å²) in [7, 11) is 0. The van der Waals surface area contributed by atoms with E-state index in [4.69, 9.17) is 9.15 Å². The van der Waals surface area contributed by atoms with E-state index in [1.807, 2.05) is 18.2 Å². The number of rotatable bonds is 5. The predicted molar refractivity (Wildman–Crippen MR) is 84.6 cm³/mol. The van der Waals surface area contributed by atoms with E-state index in [-0.39, 0.29) is 6.54 Å². The lowest BCUT2D eigenvalue weighted by atomic mass is 10.0. The lowest BCUT2D eigenvalue weighted by Gasteiger charge is -2.26.